The first-order chi connectivity index (χ1) is 8.24. The highest BCUT2D eigenvalue weighted by Crippen LogP contribution is 2.25. The van der Waals surface area contributed by atoms with Crippen LogP contribution in [0.5, 0.6) is 0 Å². The fraction of sp³-hybridized carbons (Fsp3) is 0.429. The van der Waals surface area contributed by atoms with E-state index >= 15 is 0 Å². The number of anilines is 1. The van der Waals surface area contributed by atoms with Gasteiger partial charge in [-0.15, -0.1) is 6.58 Å². The molecule has 1 unspecified atom stereocenters. The minimum absolute atomic E-state index is 0.256. The molecule has 3 nitrogen and oxygen atoms in total. The lowest BCUT2D eigenvalue weighted by atomic mass is 10.1. The Balaban J connectivity index is 2.27. The maximum atomic E-state index is 9.14. The third-order valence-electron chi connectivity index (χ3n) is 3.07. The summed E-state index contributed by atoms with van der Waals surface area (Å²) in [7, 11) is 0. The van der Waals surface area contributed by atoms with Crippen molar-refractivity contribution in [2.24, 2.45) is 0 Å². The van der Waals surface area contributed by atoms with Gasteiger partial charge in [-0.2, -0.15) is 5.26 Å². The molecule has 1 N–H and O–H groups in total. The van der Waals surface area contributed by atoms with Crippen LogP contribution in [-0.4, -0.2) is 11.0 Å². The van der Waals surface area contributed by atoms with E-state index in [9.17, 15) is 0 Å². The van der Waals surface area contributed by atoms with Gasteiger partial charge in [0, 0.05) is 11.7 Å². The minimum atomic E-state index is 0.256. The minimum Gasteiger partial charge on any atom is -0.366 e. The third kappa shape index (κ3) is 2.47. The van der Waals surface area contributed by atoms with E-state index in [1.165, 1.54) is 5.56 Å². The summed E-state index contributed by atoms with van der Waals surface area (Å²) in [5.74, 6) is 0.725. The first-order valence-electron chi connectivity index (χ1n) is 6.05. The van der Waals surface area contributed by atoms with Gasteiger partial charge in [0.25, 0.3) is 0 Å². The zero-order valence-corrected chi connectivity index (χ0v) is 10.2. The number of nitrogens with zero attached hydrogens (tertiary/aromatic N) is 2. The number of hydrogen-bond donors (Lipinski definition) is 1. The van der Waals surface area contributed by atoms with E-state index in [0.717, 1.165) is 37.2 Å². The van der Waals surface area contributed by atoms with Crippen molar-refractivity contribution >= 4 is 5.82 Å². The molecule has 0 aliphatic heterocycles. The van der Waals surface area contributed by atoms with Gasteiger partial charge in [0.05, 0.1) is 5.56 Å². The third-order valence-corrected chi connectivity index (χ3v) is 3.07. The molecule has 1 atom stereocenters. The van der Waals surface area contributed by atoms with Crippen LogP contribution in [-0.2, 0) is 12.8 Å². The van der Waals surface area contributed by atoms with Gasteiger partial charge in [-0.3, -0.25) is 0 Å². The number of aryl methyl sites for hydroxylation is 2. The number of aromatic nitrogens is 1. The van der Waals surface area contributed by atoms with Crippen LogP contribution in [0.1, 0.15) is 36.6 Å². The molecule has 0 amide bonds. The van der Waals surface area contributed by atoms with E-state index in [-0.39, 0.29) is 6.04 Å². The van der Waals surface area contributed by atoms with Crippen LogP contribution in [0.25, 0.3) is 0 Å². The lowest BCUT2D eigenvalue weighted by Gasteiger charge is -2.14. The average Bonchev–Trinajstić information content (AvgIpc) is 2.75. The average molecular weight is 227 g/mol. The van der Waals surface area contributed by atoms with Crippen LogP contribution < -0.4 is 5.32 Å². The quantitative estimate of drug-likeness (QED) is 0.805. The van der Waals surface area contributed by atoms with Crippen LogP contribution in [0.15, 0.2) is 18.7 Å². The number of nitriles is 1. The maximum Gasteiger partial charge on any atom is 0.144 e. The molecule has 1 aromatic heterocycles. The van der Waals surface area contributed by atoms with E-state index in [2.05, 4.69) is 29.9 Å². The summed E-state index contributed by atoms with van der Waals surface area (Å²) < 4.78 is 0. The lowest BCUT2D eigenvalue weighted by Crippen LogP contribution is -2.16. The maximum absolute atomic E-state index is 9.14. The summed E-state index contributed by atoms with van der Waals surface area (Å²) in [4.78, 5) is 4.58. The summed E-state index contributed by atoms with van der Waals surface area (Å²) in [6.45, 7) is 5.78. The van der Waals surface area contributed by atoms with Crippen molar-refractivity contribution in [3.05, 3.63) is 35.5 Å². The summed E-state index contributed by atoms with van der Waals surface area (Å²) in [6.07, 6.45) is 5.98. The standard InChI is InChI=1S/C14H17N3/c1-3-5-10(2)16-14-12(9-15)8-11-6-4-7-13(11)17-14/h3,8,10H,1,4-7H2,2H3,(H,16,17). The molecule has 17 heavy (non-hydrogen) atoms. The summed E-state index contributed by atoms with van der Waals surface area (Å²) >= 11 is 0. The van der Waals surface area contributed by atoms with Gasteiger partial charge >= 0.3 is 0 Å². The second-order valence-corrected chi connectivity index (χ2v) is 4.53. The van der Waals surface area contributed by atoms with Gasteiger partial charge in [0.15, 0.2) is 0 Å². The zero-order chi connectivity index (χ0) is 12.3. The molecule has 0 aromatic carbocycles. The largest absolute Gasteiger partial charge is 0.366 e. The van der Waals surface area contributed by atoms with Crippen molar-refractivity contribution in [2.75, 3.05) is 5.32 Å². The molecule has 0 bridgehead atoms. The van der Waals surface area contributed by atoms with Gasteiger partial charge in [-0.25, -0.2) is 4.98 Å². The fourth-order valence-corrected chi connectivity index (χ4v) is 2.21. The first kappa shape index (κ1) is 11.7. The van der Waals surface area contributed by atoms with Crippen molar-refractivity contribution < 1.29 is 0 Å². The molecular weight excluding hydrogens is 210 g/mol. The van der Waals surface area contributed by atoms with Gasteiger partial charge < -0.3 is 5.32 Å². The van der Waals surface area contributed by atoms with Crippen molar-refractivity contribution in [1.29, 1.82) is 5.26 Å². The van der Waals surface area contributed by atoms with Crippen LogP contribution in [0.4, 0.5) is 5.82 Å². The van der Waals surface area contributed by atoms with E-state index in [4.69, 9.17) is 5.26 Å². The van der Waals surface area contributed by atoms with Crippen LogP contribution in [0.3, 0.4) is 0 Å². The fourth-order valence-electron chi connectivity index (χ4n) is 2.21. The second-order valence-electron chi connectivity index (χ2n) is 4.53. The molecule has 3 heteroatoms. The van der Waals surface area contributed by atoms with Crippen molar-refractivity contribution in [2.45, 2.75) is 38.6 Å². The highest BCUT2D eigenvalue weighted by Gasteiger charge is 2.16. The normalized spacial score (nSPS) is 14.8. The van der Waals surface area contributed by atoms with Crippen LogP contribution >= 0.6 is 0 Å². The van der Waals surface area contributed by atoms with Crippen LogP contribution in [0.2, 0.25) is 0 Å². The molecule has 0 spiro atoms. The van der Waals surface area contributed by atoms with Gasteiger partial charge in [0.1, 0.15) is 11.9 Å². The van der Waals surface area contributed by atoms with E-state index in [0.29, 0.717) is 5.56 Å². The SMILES string of the molecule is C=CCC(C)Nc1nc2c(cc1C#N)CCC2. The molecule has 1 aliphatic rings. The molecule has 0 radical (unpaired) electrons. The number of fused-ring (bicyclic) bond motifs is 1. The molecule has 0 saturated carbocycles. The molecule has 1 heterocycles. The zero-order valence-electron chi connectivity index (χ0n) is 10.2. The second kappa shape index (κ2) is 5.01. The van der Waals surface area contributed by atoms with E-state index in [1.807, 2.05) is 12.1 Å². The van der Waals surface area contributed by atoms with Gasteiger partial charge in [0.2, 0.25) is 0 Å². The van der Waals surface area contributed by atoms with E-state index < -0.39 is 0 Å². The summed E-state index contributed by atoms with van der Waals surface area (Å²) in [6, 6.07) is 4.46. The predicted molar refractivity (Wildman–Crippen MR) is 68.9 cm³/mol. The highest BCUT2D eigenvalue weighted by molar-refractivity contribution is 5.55. The molecule has 0 fully saturated rings. The monoisotopic (exact) mass is 227 g/mol. The number of rotatable bonds is 4. The number of hydrogen-bond acceptors (Lipinski definition) is 3. The van der Waals surface area contributed by atoms with Crippen molar-refractivity contribution in [1.82, 2.24) is 4.98 Å². The molecule has 2 rings (SSSR count). The molecular formula is C14H17N3. The van der Waals surface area contributed by atoms with Crippen LogP contribution in [0, 0.1) is 11.3 Å². The Morgan fingerprint density at radius 3 is 3.18 bits per heavy atom. The van der Waals surface area contributed by atoms with Crippen molar-refractivity contribution in [3.8, 4) is 6.07 Å². The predicted octanol–water partition coefficient (Wildman–Crippen LogP) is 2.82. The number of pyridine rings is 1. The molecule has 88 valence electrons. The number of nitrogens with one attached hydrogen (secondary N) is 1. The van der Waals surface area contributed by atoms with E-state index in [1.54, 1.807) is 0 Å². The Morgan fingerprint density at radius 2 is 2.47 bits per heavy atom. The Kier molecular flexibility index (Phi) is 3.43. The highest BCUT2D eigenvalue weighted by atomic mass is 15.0. The topological polar surface area (TPSA) is 48.7 Å². The smallest absolute Gasteiger partial charge is 0.144 e. The first-order valence-corrected chi connectivity index (χ1v) is 6.05. The van der Waals surface area contributed by atoms with Crippen molar-refractivity contribution in [3.63, 3.8) is 0 Å². The molecule has 1 aliphatic carbocycles. The summed E-state index contributed by atoms with van der Waals surface area (Å²) in [5, 5.41) is 12.4. The Labute approximate surface area is 102 Å². The Bertz CT molecular complexity index is 471. The summed E-state index contributed by atoms with van der Waals surface area (Å²) in [5.41, 5.74) is 3.04. The Morgan fingerprint density at radius 1 is 1.65 bits per heavy atom. The lowest BCUT2D eigenvalue weighted by molar-refractivity contribution is 0.804. The molecule has 1 aromatic rings. The van der Waals surface area contributed by atoms with Gasteiger partial charge in [-0.1, -0.05) is 6.08 Å². The Hall–Kier alpha value is -1.82. The van der Waals surface area contributed by atoms with Gasteiger partial charge in [-0.05, 0) is 44.2 Å². The molecule has 0 saturated heterocycles.